The Kier molecular flexibility index (Phi) is 5.53. The van der Waals surface area contributed by atoms with Gasteiger partial charge in [-0.15, -0.1) is 11.3 Å². The predicted octanol–water partition coefficient (Wildman–Crippen LogP) is 1.03. The van der Waals surface area contributed by atoms with Crippen molar-refractivity contribution in [2.75, 3.05) is 51.6 Å². The van der Waals surface area contributed by atoms with Crippen molar-refractivity contribution in [3.63, 3.8) is 0 Å². The molecular weight excluding hydrogens is 334 g/mol. The zero-order valence-electron chi connectivity index (χ0n) is 13.6. The van der Waals surface area contributed by atoms with Crippen molar-refractivity contribution in [3.05, 3.63) is 11.1 Å². The Morgan fingerprint density at radius 1 is 1.09 bits per heavy atom. The fourth-order valence-corrected chi connectivity index (χ4v) is 5.52. The summed E-state index contributed by atoms with van der Waals surface area (Å²) in [7, 11) is -1.39. The molecule has 1 aromatic heterocycles. The van der Waals surface area contributed by atoms with E-state index in [1.165, 1.54) is 0 Å². The molecule has 0 radical (unpaired) electrons. The number of aromatic nitrogens is 1. The standard InChI is InChI=1S/C14H25N5O2S2/c1-15-14-16-13(12-22-14)11-17-5-4-8-19(10-9-17)23(20,21)18-6-2-3-7-18/h12H,2-11H2,1H3,(H,15,16). The summed E-state index contributed by atoms with van der Waals surface area (Å²) >= 11 is 1.60. The summed E-state index contributed by atoms with van der Waals surface area (Å²) in [5, 5.41) is 6.04. The summed E-state index contributed by atoms with van der Waals surface area (Å²) in [6, 6.07) is 0. The molecule has 7 nitrogen and oxygen atoms in total. The smallest absolute Gasteiger partial charge is 0.282 e. The lowest BCUT2D eigenvalue weighted by Gasteiger charge is -2.26. The fraction of sp³-hybridized carbons (Fsp3) is 0.786. The number of hydrogen-bond acceptors (Lipinski definition) is 6. The Morgan fingerprint density at radius 3 is 2.48 bits per heavy atom. The third kappa shape index (κ3) is 4.03. The van der Waals surface area contributed by atoms with Crippen molar-refractivity contribution < 1.29 is 8.42 Å². The summed E-state index contributed by atoms with van der Waals surface area (Å²) in [6.07, 6.45) is 2.84. The highest BCUT2D eigenvalue weighted by atomic mass is 32.2. The maximum Gasteiger partial charge on any atom is 0.282 e. The van der Waals surface area contributed by atoms with Gasteiger partial charge in [0.1, 0.15) is 0 Å². The highest BCUT2D eigenvalue weighted by Gasteiger charge is 2.32. The normalized spacial score (nSPS) is 22.3. The Morgan fingerprint density at radius 2 is 1.78 bits per heavy atom. The van der Waals surface area contributed by atoms with E-state index in [-0.39, 0.29) is 0 Å². The third-order valence-corrected chi connectivity index (χ3v) is 7.36. The Hall–Kier alpha value is -0.740. The SMILES string of the molecule is CNc1nc(CN2CCCN(S(=O)(=O)N3CCCC3)CC2)cs1. The van der Waals surface area contributed by atoms with Crippen molar-refractivity contribution in [1.29, 1.82) is 0 Å². The van der Waals surface area contributed by atoms with E-state index in [1.807, 2.05) is 7.05 Å². The highest BCUT2D eigenvalue weighted by molar-refractivity contribution is 7.86. The van der Waals surface area contributed by atoms with Gasteiger partial charge < -0.3 is 5.32 Å². The van der Waals surface area contributed by atoms with E-state index < -0.39 is 10.2 Å². The number of hydrogen-bond donors (Lipinski definition) is 1. The molecule has 0 amide bonds. The largest absolute Gasteiger partial charge is 0.365 e. The molecule has 0 saturated carbocycles. The first-order valence-corrected chi connectivity index (χ1v) is 10.5. The predicted molar refractivity (Wildman–Crippen MR) is 92.9 cm³/mol. The minimum atomic E-state index is -3.26. The molecular formula is C14H25N5O2S2. The van der Waals surface area contributed by atoms with E-state index in [9.17, 15) is 8.42 Å². The van der Waals surface area contributed by atoms with Gasteiger partial charge in [0.2, 0.25) is 0 Å². The lowest BCUT2D eigenvalue weighted by atomic mass is 10.3. The summed E-state index contributed by atoms with van der Waals surface area (Å²) in [5.41, 5.74) is 1.05. The lowest BCUT2D eigenvalue weighted by molar-refractivity contribution is 0.274. The minimum absolute atomic E-state index is 0.571. The van der Waals surface area contributed by atoms with Gasteiger partial charge in [0.25, 0.3) is 10.2 Å². The van der Waals surface area contributed by atoms with Crippen molar-refractivity contribution in [2.24, 2.45) is 0 Å². The monoisotopic (exact) mass is 359 g/mol. The molecule has 0 aliphatic carbocycles. The molecule has 0 unspecified atom stereocenters. The van der Waals surface area contributed by atoms with Gasteiger partial charge in [-0.3, -0.25) is 4.90 Å². The molecule has 1 N–H and O–H groups in total. The number of anilines is 1. The van der Waals surface area contributed by atoms with E-state index in [4.69, 9.17) is 0 Å². The van der Waals surface area contributed by atoms with Crippen LogP contribution in [-0.2, 0) is 16.8 Å². The van der Waals surface area contributed by atoms with Gasteiger partial charge in [-0.25, -0.2) is 4.98 Å². The Bertz CT molecular complexity index is 612. The van der Waals surface area contributed by atoms with Crippen molar-refractivity contribution in [2.45, 2.75) is 25.8 Å². The quantitative estimate of drug-likeness (QED) is 0.850. The van der Waals surface area contributed by atoms with E-state index in [0.717, 1.165) is 49.7 Å². The Labute approximate surface area is 142 Å². The molecule has 9 heteroatoms. The second kappa shape index (κ2) is 7.43. The first kappa shape index (κ1) is 17.1. The van der Waals surface area contributed by atoms with Crippen molar-refractivity contribution in [3.8, 4) is 0 Å². The van der Waals surface area contributed by atoms with Crippen LogP contribution in [0.1, 0.15) is 25.0 Å². The second-order valence-corrected chi connectivity index (χ2v) is 8.82. The first-order valence-electron chi connectivity index (χ1n) is 8.19. The van der Waals surface area contributed by atoms with Crippen LogP contribution in [0.4, 0.5) is 5.13 Å². The number of rotatable bonds is 5. The molecule has 2 aliphatic heterocycles. The van der Waals surface area contributed by atoms with Crippen LogP contribution < -0.4 is 5.32 Å². The van der Waals surface area contributed by atoms with Gasteiger partial charge >= 0.3 is 0 Å². The van der Waals surface area contributed by atoms with Crippen LogP contribution in [0, 0.1) is 0 Å². The zero-order chi connectivity index (χ0) is 16.3. The summed E-state index contributed by atoms with van der Waals surface area (Å²) in [5.74, 6) is 0. The number of thiazole rings is 1. The molecule has 0 bridgehead atoms. The topological polar surface area (TPSA) is 68.8 Å². The molecule has 23 heavy (non-hydrogen) atoms. The van der Waals surface area contributed by atoms with Gasteiger partial charge in [0.15, 0.2) is 5.13 Å². The van der Waals surface area contributed by atoms with Crippen molar-refractivity contribution >= 4 is 26.7 Å². The third-order valence-electron chi connectivity index (χ3n) is 4.42. The molecule has 2 aliphatic rings. The molecule has 0 atom stereocenters. The lowest BCUT2D eigenvalue weighted by Crippen LogP contribution is -2.44. The van der Waals surface area contributed by atoms with Crippen molar-refractivity contribution in [1.82, 2.24) is 18.5 Å². The van der Waals surface area contributed by atoms with Gasteiger partial charge in [-0.05, 0) is 25.8 Å². The van der Waals surface area contributed by atoms with E-state index in [2.05, 4.69) is 20.6 Å². The molecule has 3 heterocycles. The Balaban J connectivity index is 1.58. The maximum absolute atomic E-state index is 12.7. The van der Waals surface area contributed by atoms with Crippen LogP contribution in [0.5, 0.6) is 0 Å². The van der Waals surface area contributed by atoms with Crippen LogP contribution >= 0.6 is 11.3 Å². The minimum Gasteiger partial charge on any atom is -0.365 e. The summed E-state index contributed by atoms with van der Waals surface area (Å²) < 4.78 is 28.6. The van der Waals surface area contributed by atoms with Gasteiger partial charge in [-0.2, -0.15) is 17.0 Å². The van der Waals surface area contributed by atoms with Gasteiger partial charge in [0, 0.05) is 51.7 Å². The first-order chi connectivity index (χ1) is 11.1. The highest BCUT2D eigenvalue weighted by Crippen LogP contribution is 2.20. The van der Waals surface area contributed by atoms with E-state index in [0.29, 0.717) is 26.2 Å². The zero-order valence-corrected chi connectivity index (χ0v) is 15.2. The summed E-state index contributed by atoms with van der Waals surface area (Å²) in [6.45, 7) is 5.01. The molecule has 0 aromatic carbocycles. The fourth-order valence-electron chi connectivity index (χ4n) is 3.14. The van der Waals surface area contributed by atoms with Crippen LogP contribution in [0.3, 0.4) is 0 Å². The molecule has 2 fully saturated rings. The van der Waals surface area contributed by atoms with Crippen LogP contribution in [0.2, 0.25) is 0 Å². The van der Waals surface area contributed by atoms with E-state index >= 15 is 0 Å². The molecule has 1 aromatic rings. The van der Waals surface area contributed by atoms with Gasteiger partial charge in [-0.1, -0.05) is 0 Å². The molecule has 3 rings (SSSR count). The second-order valence-electron chi connectivity index (χ2n) is 6.04. The van der Waals surface area contributed by atoms with Gasteiger partial charge in [0.05, 0.1) is 5.69 Å². The maximum atomic E-state index is 12.7. The van der Waals surface area contributed by atoms with Crippen LogP contribution in [-0.4, -0.2) is 73.2 Å². The average molecular weight is 360 g/mol. The van der Waals surface area contributed by atoms with E-state index in [1.54, 1.807) is 19.9 Å². The number of nitrogens with zero attached hydrogens (tertiary/aromatic N) is 4. The molecule has 0 spiro atoms. The average Bonchev–Trinajstić information content (AvgIpc) is 3.16. The van der Waals surface area contributed by atoms with Crippen LogP contribution in [0.25, 0.3) is 0 Å². The van der Waals surface area contributed by atoms with Crippen LogP contribution in [0.15, 0.2) is 5.38 Å². The number of nitrogens with one attached hydrogen (secondary N) is 1. The summed E-state index contributed by atoms with van der Waals surface area (Å²) in [4.78, 5) is 6.81. The molecule has 2 saturated heterocycles. The molecule has 130 valence electrons.